The highest BCUT2D eigenvalue weighted by atomic mass is 16.4. The van der Waals surface area contributed by atoms with Gasteiger partial charge in [-0.15, -0.1) is 0 Å². The first-order valence-electron chi connectivity index (χ1n) is 8.08. The van der Waals surface area contributed by atoms with Crippen LogP contribution in [-0.4, -0.2) is 40.9 Å². The van der Waals surface area contributed by atoms with Crippen molar-refractivity contribution < 1.29 is 19.5 Å². The van der Waals surface area contributed by atoms with E-state index >= 15 is 0 Å². The third-order valence-electron chi connectivity index (χ3n) is 4.15. The van der Waals surface area contributed by atoms with Crippen LogP contribution in [0.15, 0.2) is 48.5 Å². The first kappa shape index (κ1) is 16.7. The van der Waals surface area contributed by atoms with Gasteiger partial charge in [-0.05, 0) is 55.3 Å². The number of likely N-dealkylation sites (tertiary alicyclic amines) is 1. The number of carboxylic acid groups (broad SMARTS) is 1. The molecule has 0 bridgehead atoms. The van der Waals surface area contributed by atoms with E-state index in [-0.39, 0.29) is 17.4 Å². The summed E-state index contributed by atoms with van der Waals surface area (Å²) < 4.78 is 0. The van der Waals surface area contributed by atoms with Crippen molar-refractivity contribution >= 4 is 23.5 Å². The molecule has 25 heavy (non-hydrogen) atoms. The van der Waals surface area contributed by atoms with Crippen molar-refractivity contribution in [3.8, 4) is 0 Å². The molecule has 2 aromatic rings. The Kier molecular flexibility index (Phi) is 4.79. The maximum atomic E-state index is 12.4. The molecule has 1 fully saturated rings. The molecule has 0 saturated carbocycles. The molecule has 1 aliphatic heterocycles. The van der Waals surface area contributed by atoms with Gasteiger partial charge in [0.2, 0.25) is 0 Å². The van der Waals surface area contributed by atoms with E-state index in [9.17, 15) is 14.4 Å². The van der Waals surface area contributed by atoms with Crippen LogP contribution < -0.4 is 5.32 Å². The molecule has 0 atom stereocenters. The van der Waals surface area contributed by atoms with E-state index in [4.69, 9.17) is 5.11 Å². The number of rotatable bonds is 4. The molecule has 2 aromatic carbocycles. The second kappa shape index (κ2) is 7.17. The number of aromatic carboxylic acids is 1. The summed E-state index contributed by atoms with van der Waals surface area (Å²) in [6.07, 6.45) is 2.04. The Morgan fingerprint density at radius 1 is 0.880 bits per heavy atom. The molecule has 0 radical (unpaired) electrons. The Balaban J connectivity index is 1.71. The highest BCUT2D eigenvalue weighted by Gasteiger charge is 2.19. The van der Waals surface area contributed by atoms with Gasteiger partial charge in [0.15, 0.2) is 0 Å². The Labute approximate surface area is 145 Å². The lowest BCUT2D eigenvalue weighted by atomic mass is 10.1. The predicted molar refractivity (Wildman–Crippen MR) is 92.9 cm³/mol. The summed E-state index contributed by atoms with van der Waals surface area (Å²) in [4.78, 5) is 37.4. The van der Waals surface area contributed by atoms with Gasteiger partial charge >= 0.3 is 5.97 Å². The standard InChI is InChI=1S/C19H18N2O4/c22-17(13-6-8-14(9-7-13)19(24)25)20-16-5-3-4-15(12-16)18(23)21-10-1-2-11-21/h3-9,12H,1-2,10-11H2,(H,20,22)(H,24,25). The van der Waals surface area contributed by atoms with Gasteiger partial charge < -0.3 is 15.3 Å². The van der Waals surface area contributed by atoms with Crippen LogP contribution in [0, 0.1) is 0 Å². The summed E-state index contributed by atoms with van der Waals surface area (Å²) >= 11 is 0. The zero-order valence-electron chi connectivity index (χ0n) is 13.6. The van der Waals surface area contributed by atoms with E-state index in [1.54, 1.807) is 24.3 Å². The molecule has 2 amide bonds. The quantitative estimate of drug-likeness (QED) is 0.897. The van der Waals surface area contributed by atoms with Crippen molar-refractivity contribution in [2.45, 2.75) is 12.8 Å². The lowest BCUT2D eigenvalue weighted by Gasteiger charge is -2.15. The molecule has 0 unspecified atom stereocenters. The van der Waals surface area contributed by atoms with Crippen molar-refractivity contribution in [2.24, 2.45) is 0 Å². The van der Waals surface area contributed by atoms with Gasteiger partial charge in [0.1, 0.15) is 0 Å². The summed E-state index contributed by atoms with van der Waals surface area (Å²) in [5.41, 5.74) is 1.54. The Bertz CT molecular complexity index is 808. The summed E-state index contributed by atoms with van der Waals surface area (Å²) in [5, 5.41) is 11.6. The summed E-state index contributed by atoms with van der Waals surface area (Å²) in [6.45, 7) is 1.54. The molecule has 1 saturated heterocycles. The summed E-state index contributed by atoms with van der Waals surface area (Å²) in [5.74, 6) is -1.43. The molecule has 3 rings (SSSR count). The number of anilines is 1. The number of carbonyl (C=O) groups excluding carboxylic acids is 2. The minimum Gasteiger partial charge on any atom is -0.478 e. The van der Waals surface area contributed by atoms with E-state index < -0.39 is 5.97 Å². The van der Waals surface area contributed by atoms with Crippen LogP contribution in [0.25, 0.3) is 0 Å². The molecule has 2 N–H and O–H groups in total. The average Bonchev–Trinajstić information content (AvgIpc) is 3.16. The van der Waals surface area contributed by atoms with Crippen LogP contribution in [0.4, 0.5) is 5.69 Å². The van der Waals surface area contributed by atoms with E-state index in [0.29, 0.717) is 16.8 Å². The van der Waals surface area contributed by atoms with Crippen molar-refractivity contribution in [3.63, 3.8) is 0 Å². The van der Waals surface area contributed by atoms with Crippen LogP contribution in [0.2, 0.25) is 0 Å². The number of amides is 2. The number of benzene rings is 2. The lowest BCUT2D eigenvalue weighted by molar-refractivity contribution is 0.0695. The predicted octanol–water partition coefficient (Wildman–Crippen LogP) is 2.87. The SMILES string of the molecule is O=C(O)c1ccc(C(=O)Nc2cccc(C(=O)N3CCCC3)c2)cc1. The average molecular weight is 338 g/mol. The molecule has 6 nitrogen and oxygen atoms in total. The fourth-order valence-electron chi connectivity index (χ4n) is 2.80. The van der Waals surface area contributed by atoms with Gasteiger partial charge in [-0.1, -0.05) is 6.07 Å². The fourth-order valence-corrected chi connectivity index (χ4v) is 2.80. The second-order valence-corrected chi connectivity index (χ2v) is 5.92. The lowest BCUT2D eigenvalue weighted by Crippen LogP contribution is -2.27. The maximum absolute atomic E-state index is 12.4. The van der Waals surface area contributed by atoms with Gasteiger partial charge in [0.25, 0.3) is 11.8 Å². The van der Waals surface area contributed by atoms with Crippen LogP contribution >= 0.6 is 0 Å². The number of nitrogens with one attached hydrogen (secondary N) is 1. The minimum atomic E-state index is -1.04. The Morgan fingerprint density at radius 3 is 2.16 bits per heavy atom. The zero-order chi connectivity index (χ0) is 17.8. The molecule has 1 aliphatic rings. The van der Waals surface area contributed by atoms with Crippen LogP contribution in [0.3, 0.4) is 0 Å². The van der Waals surface area contributed by atoms with Crippen LogP contribution in [0.5, 0.6) is 0 Å². The van der Waals surface area contributed by atoms with Gasteiger partial charge in [-0.3, -0.25) is 9.59 Å². The normalized spacial score (nSPS) is 13.5. The first-order chi connectivity index (χ1) is 12.0. The van der Waals surface area contributed by atoms with E-state index in [2.05, 4.69) is 5.32 Å². The van der Waals surface area contributed by atoms with Gasteiger partial charge in [-0.25, -0.2) is 4.79 Å². The van der Waals surface area contributed by atoms with Gasteiger partial charge in [0.05, 0.1) is 5.56 Å². The molecule has 0 aliphatic carbocycles. The highest BCUT2D eigenvalue weighted by molar-refractivity contribution is 6.05. The highest BCUT2D eigenvalue weighted by Crippen LogP contribution is 2.17. The second-order valence-electron chi connectivity index (χ2n) is 5.92. The number of hydrogen-bond acceptors (Lipinski definition) is 3. The minimum absolute atomic E-state index is 0.0283. The monoisotopic (exact) mass is 338 g/mol. The number of carbonyl (C=O) groups is 3. The Hall–Kier alpha value is -3.15. The van der Waals surface area contributed by atoms with Crippen LogP contribution in [0.1, 0.15) is 43.9 Å². The number of carboxylic acids is 1. The molecule has 0 spiro atoms. The van der Waals surface area contributed by atoms with Gasteiger partial charge in [-0.2, -0.15) is 0 Å². The maximum Gasteiger partial charge on any atom is 0.335 e. The molecule has 1 heterocycles. The summed E-state index contributed by atoms with van der Waals surface area (Å²) in [6, 6.07) is 12.5. The van der Waals surface area contributed by atoms with Crippen molar-refractivity contribution in [2.75, 3.05) is 18.4 Å². The molecule has 128 valence electrons. The smallest absolute Gasteiger partial charge is 0.335 e. The number of nitrogens with zero attached hydrogens (tertiary/aromatic N) is 1. The third kappa shape index (κ3) is 3.85. The molecular weight excluding hydrogens is 320 g/mol. The molecule has 0 aromatic heterocycles. The molecule has 6 heteroatoms. The first-order valence-corrected chi connectivity index (χ1v) is 8.08. The van der Waals surface area contributed by atoms with Crippen molar-refractivity contribution in [1.29, 1.82) is 0 Å². The van der Waals surface area contributed by atoms with Crippen molar-refractivity contribution in [3.05, 3.63) is 65.2 Å². The van der Waals surface area contributed by atoms with Crippen molar-refractivity contribution in [1.82, 2.24) is 4.90 Å². The fraction of sp³-hybridized carbons (Fsp3) is 0.211. The zero-order valence-corrected chi connectivity index (χ0v) is 13.6. The third-order valence-corrected chi connectivity index (χ3v) is 4.15. The topological polar surface area (TPSA) is 86.7 Å². The molecular formula is C19H18N2O4. The van der Waals surface area contributed by atoms with E-state index in [1.807, 2.05) is 4.90 Å². The van der Waals surface area contributed by atoms with E-state index in [0.717, 1.165) is 25.9 Å². The largest absolute Gasteiger partial charge is 0.478 e. The Morgan fingerprint density at radius 2 is 1.52 bits per heavy atom. The number of hydrogen-bond donors (Lipinski definition) is 2. The summed E-state index contributed by atoms with van der Waals surface area (Å²) in [7, 11) is 0. The van der Waals surface area contributed by atoms with Gasteiger partial charge in [0, 0.05) is 29.9 Å². The van der Waals surface area contributed by atoms with E-state index in [1.165, 1.54) is 24.3 Å². The van der Waals surface area contributed by atoms with Crippen LogP contribution in [-0.2, 0) is 0 Å².